The van der Waals surface area contributed by atoms with E-state index >= 15 is 0 Å². The maximum absolute atomic E-state index is 13.5. The summed E-state index contributed by atoms with van der Waals surface area (Å²) in [5.41, 5.74) is 0.851. The standard InChI is InChI=1S/C18H14F3N3O2/c1-11-2-4-13(9-14(11)20)22-18(25)16-6-7-24(23-16)10-26-17-5-3-12(19)8-15(17)21/h2-9H,10H2,1H3,(H,22,25). The van der Waals surface area contributed by atoms with E-state index < -0.39 is 23.4 Å². The summed E-state index contributed by atoms with van der Waals surface area (Å²) < 4.78 is 46.3. The molecule has 134 valence electrons. The highest BCUT2D eigenvalue weighted by molar-refractivity contribution is 6.02. The first-order valence-corrected chi connectivity index (χ1v) is 7.61. The van der Waals surface area contributed by atoms with Gasteiger partial charge in [0.25, 0.3) is 5.91 Å². The smallest absolute Gasteiger partial charge is 0.276 e. The molecule has 3 aromatic rings. The summed E-state index contributed by atoms with van der Waals surface area (Å²) in [6.45, 7) is 1.45. The van der Waals surface area contributed by atoms with Crippen LogP contribution in [0.15, 0.2) is 48.7 Å². The second kappa shape index (κ2) is 7.30. The lowest BCUT2D eigenvalue weighted by molar-refractivity contribution is 0.102. The quantitative estimate of drug-likeness (QED) is 0.750. The number of hydrogen-bond acceptors (Lipinski definition) is 3. The lowest BCUT2D eigenvalue weighted by atomic mass is 10.2. The minimum Gasteiger partial charge on any atom is -0.468 e. The molecule has 0 aliphatic carbocycles. The normalized spacial score (nSPS) is 10.6. The fraction of sp³-hybridized carbons (Fsp3) is 0.111. The van der Waals surface area contributed by atoms with Crippen molar-refractivity contribution in [2.75, 3.05) is 5.32 Å². The molecule has 2 aromatic carbocycles. The zero-order chi connectivity index (χ0) is 18.7. The zero-order valence-corrected chi connectivity index (χ0v) is 13.7. The first kappa shape index (κ1) is 17.5. The maximum Gasteiger partial charge on any atom is 0.276 e. The van der Waals surface area contributed by atoms with E-state index in [9.17, 15) is 18.0 Å². The molecular weight excluding hydrogens is 347 g/mol. The fourth-order valence-electron chi connectivity index (χ4n) is 2.15. The summed E-state index contributed by atoms with van der Waals surface area (Å²) in [7, 11) is 0. The van der Waals surface area contributed by atoms with Crippen molar-refractivity contribution in [3.05, 3.63) is 77.4 Å². The molecule has 0 aliphatic rings. The Hall–Kier alpha value is -3.29. The first-order valence-electron chi connectivity index (χ1n) is 7.61. The summed E-state index contributed by atoms with van der Waals surface area (Å²) in [5.74, 6) is -2.64. The highest BCUT2D eigenvalue weighted by Gasteiger charge is 2.12. The van der Waals surface area contributed by atoms with Gasteiger partial charge in [0.1, 0.15) is 11.6 Å². The van der Waals surface area contributed by atoms with Gasteiger partial charge in [0.2, 0.25) is 0 Å². The molecule has 1 heterocycles. The van der Waals surface area contributed by atoms with Crippen molar-refractivity contribution >= 4 is 11.6 Å². The molecule has 0 aliphatic heterocycles. The van der Waals surface area contributed by atoms with E-state index in [1.165, 1.54) is 23.0 Å². The van der Waals surface area contributed by atoms with E-state index in [2.05, 4.69) is 10.4 Å². The van der Waals surface area contributed by atoms with Crippen LogP contribution in [0.1, 0.15) is 16.1 Å². The van der Waals surface area contributed by atoms with E-state index in [0.29, 0.717) is 17.3 Å². The largest absolute Gasteiger partial charge is 0.468 e. The van der Waals surface area contributed by atoms with Crippen LogP contribution >= 0.6 is 0 Å². The third-order valence-corrected chi connectivity index (χ3v) is 3.55. The maximum atomic E-state index is 13.5. The molecule has 0 unspecified atom stereocenters. The number of anilines is 1. The minimum atomic E-state index is -0.837. The van der Waals surface area contributed by atoms with Crippen molar-refractivity contribution in [3.63, 3.8) is 0 Å². The second-order valence-electron chi connectivity index (χ2n) is 5.51. The molecule has 0 radical (unpaired) electrons. The Morgan fingerprint density at radius 1 is 1.12 bits per heavy atom. The lowest BCUT2D eigenvalue weighted by Crippen LogP contribution is -2.14. The van der Waals surface area contributed by atoms with Crippen LogP contribution in [-0.2, 0) is 6.73 Å². The van der Waals surface area contributed by atoms with Crippen molar-refractivity contribution in [2.24, 2.45) is 0 Å². The first-order chi connectivity index (χ1) is 12.4. The minimum absolute atomic E-state index is 0.0779. The zero-order valence-electron chi connectivity index (χ0n) is 13.7. The summed E-state index contributed by atoms with van der Waals surface area (Å²) in [6, 6.07) is 8.71. The Balaban J connectivity index is 1.63. The number of aryl methyl sites for hydroxylation is 1. The Kier molecular flexibility index (Phi) is 4.92. The Morgan fingerprint density at radius 3 is 2.65 bits per heavy atom. The Labute approximate surface area is 147 Å². The molecule has 0 fully saturated rings. The van der Waals surface area contributed by atoms with Crippen molar-refractivity contribution in [1.82, 2.24) is 9.78 Å². The molecule has 0 saturated heterocycles. The molecule has 0 atom stereocenters. The van der Waals surface area contributed by atoms with Crippen LogP contribution in [0.3, 0.4) is 0 Å². The molecular formula is C18H14F3N3O2. The highest BCUT2D eigenvalue weighted by atomic mass is 19.1. The van der Waals surface area contributed by atoms with Gasteiger partial charge in [-0.3, -0.25) is 4.79 Å². The van der Waals surface area contributed by atoms with Gasteiger partial charge >= 0.3 is 0 Å². The summed E-state index contributed by atoms with van der Waals surface area (Å²) in [5, 5.41) is 6.53. The van der Waals surface area contributed by atoms with Gasteiger partial charge in [0, 0.05) is 18.0 Å². The average molecular weight is 361 g/mol. The van der Waals surface area contributed by atoms with E-state index in [1.807, 2.05) is 0 Å². The third kappa shape index (κ3) is 4.02. The molecule has 0 bridgehead atoms. The number of amides is 1. The van der Waals surface area contributed by atoms with Crippen LogP contribution < -0.4 is 10.1 Å². The van der Waals surface area contributed by atoms with Gasteiger partial charge in [-0.15, -0.1) is 0 Å². The van der Waals surface area contributed by atoms with E-state index in [-0.39, 0.29) is 18.2 Å². The number of carbonyl (C=O) groups is 1. The van der Waals surface area contributed by atoms with E-state index in [0.717, 1.165) is 12.1 Å². The van der Waals surface area contributed by atoms with Crippen molar-refractivity contribution in [3.8, 4) is 5.75 Å². The number of nitrogens with one attached hydrogen (secondary N) is 1. The molecule has 1 amide bonds. The molecule has 26 heavy (non-hydrogen) atoms. The van der Waals surface area contributed by atoms with Crippen molar-refractivity contribution < 1.29 is 22.7 Å². The van der Waals surface area contributed by atoms with Gasteiger partial charge in [-0.25, -0.2) is 17.9 Å². The molecule has 1 aromatic heterocycles. The van der Waals surface area contributed by atoms with Crippen molar-refractivity contribution in [1.29, 1.82) is 0 Å². The van der Waals surface area contributed by atoms with E-state index in [1.54, 1.807) is 19.1 Å². The van der Waals surface area contributed by atoms with Gasteiger partial charge in [0.05, 0.1) is 0 Å². The molecule has 3 rings (SSSR count). The highest BCUT2D eigenvalue weighted by Crippen LogP contribution is 2.18. The number of carbonyl (C=O) groups excluding carboxylic acids is 1. The molecule has 1 N–H and O–H groups in total. The Bertz CT molecular complexity index is 957. The van der Waals surface area contributed by atoms with Crippen LogP contribution in [0, 0.1) is 24.4 Å². The van der Waals surface area contributed by atoms with E-state index in [4.69, 9.17) is 4.74 Å². The van der Waals surface area contributed by atoms with Crippen LogP contribution in [0.4, 0.5) is 18.9 Å². The van der Waals surface area contributed by atoms with Gasteiger partial charge in [-0.05, 0) is 42.8 Å². The predicted molar refractivity (Wildman–Crippen MR) is 88.3 cm³/mol. The Morgan fingerprint density at radius 2 is 1.92 bits per heavy atom. The number of hydrogen-bond donors (Lipinski definition) is 1. The topological polar surface area (TPSA) is 56.2 Å². The molecule has 8 heteroatoms. The number of nitrogens with zero attached hydrogens (tertiary/aromatic N) is 2. The second-order valence-corrected chi connectivity index (χ2v) is 5.51. The third-order valence-electron chi connectivity index (χ3n) is 3.55. The van der Waals surface area contributed by atoms with Gasteiger partial charge in [-0.1, -0.05) is 6.07 Å². The number of halogens is 3. The number of ether oxygens (including phenoxy) is 1. The SMILES string of the molecule is Cc1ccc(NC(=O)c2ccn(COc3ccc(F)cc3F)n2)cc1F. The van der Waals surface area contributed by atoms with Crippen LogP contribution in [0.25, 0.3) is 0 Å². The van der Waals surface area contributed by atoms with Crippen molar-refractivity contribution in [2.45, 2.75) is 13.7 Å². The fourth-order valence-corrected chi connectivity index (χ4v) is 2.15. The van der Waals surface area contributed by atoms with Crippen LogP contribution in [0.2, 0.25) is 0 Å². The molecule has 0 spiro atoms. The van der Waals surface area contributed by atoms with Crippen LogP contribution in [0.5, 0.6) is 5.75 Å². The van der Waals surface area contributed by atoms with Crippen LogP contribution in [-0.4, -0.2) is 15.7 Å². The number of aromatic nitrogens is 2. The van der Waals surface area contributed by atoms with Gasteiger partial charge < -0.3 is 10.1 Å². The monoisotopic (exact) mass is 361 g/mol. The summed E-state index contributed by atoms with van der Waals surface area (Å²) in [4.78, 5) is 12.1. The number of benzene rings is 2. The summed E-state index contributed by atoms with van der Waals surface area (Å²) in [6.07, 6.45) is 1.46. The predicted octanol–water partition coefficient (Wildman–Crippen LogP) is 3.90. The van der Waals surface area contributed by atoms with Gasteiger partial charge in [-0.2, -0.15) is 5.10 Å². The van der Waals surface area contributed by atoms with Gasteiger partial charge in [0.15, 0.2) is 24.0 Å². The number of rotatable bonds is 5. The molecule has 5 nitrogen and oxygen atoms in total. The lowest BCUT2D eigenvalue weighted by Gasteiger charge is -2.07. The average Bonchev–Trinajstić information content (AvgIpc) is 3.06. The molecule has 0 saturated carbocycles. The summed E-state index contributed by atoms with van der Waals surface area (Å²) >= 11 is 0.